The maximum Gasteiger partial charge on any atom is 0.341 e. The van der Waals surface area contributed by atoms with Gasteiger partial charge in [0, 0.05) is 0 Å². The molecule has 0 spiro atoms. The normalized spacial score (nSPS) is 11.3. The van der Waals surface area contributed by atoms with Gasteiger partial charge in [-0.25, -0.2) is 22.7 Å². The molecule has 0 fully saturated rings. The number of carbonyl (C=O) groups excluding carboxylic acids is 1. The van der Waals surface area contributed by atoms with Crippen LogP contribution in [0.5, 0.6) is 0 Å². The lowest BCUT2D eigenvalue weighted by molar-refractivity contribution is 0.0520. The summed E-state index contributed by atoms with van der Waals surface area (Å²) in [5.41, 5.74) is -0.306. The van der Waals surface area contributed by atoms with Crippen LogP contribution < -0.4 is 5.14 Å². The van der Waals surface area contributed by atoms with E-state index in [1.807, 2.05) is 0 Å². The maximum atomic E-state index is 13.5. The standard InChI is InChI=1S/C10H12FNO4S/c1-3-16-10(13)7-5-9(17(12,14)15)6(2)4-8(7)11/h4-5H,3H2,1-2H3,(H2,12,14,15). The van der Waals surface area contributed by atoms with Crippen LogP contribution in [0.2, 0.25) is 0 Å². The fraction of sp³-hybridized carbons (Fsp3) is 0.300. The SMILES string of the molecule is CCOC(=O)c1cc(S(N)(=O)=O)c(C)cc1F. The van der Waals surface area contributed by atoms with Crippen LogP contribution in [0.4, 0.5) is 4.39 Å². The number of primary sulfonamides is 1. The largest absolute Gasteiger partial charge is 0.462 e. The number of sulfonamides is 1. The van der Waals surface area contributed by atoms with Crippen molar-refractivity contribution in [2.75, 3.05) is 6.61 Å². The van der Waals surface area contributed by atoms with E-state index in [-0.39, 0.29) is 17.1 Å². The van der Waals surface area contributed by atoms with E-state index >= 15 is 0 Å². The summed E-state index contributed by atoms with van der Waals surface area (Å²) in [7, 11) is -4.00. The number of rotatable bonds is 3. The number of hydrogen-bond donors (Lipinski definition) is 1. The van der Waals surface area contributed by atoms with Crippen LogP contribution in [0.1, 0.15) is 22.8 Å². The maximum absolute atomic E-state index is 13.5. The molecule has 1 rings (SSSR count). The minimum atomic E-state index is -4.00. The Hall–Kier alpha value is -1.47. The molecule has 1 aromatic rings. The van der Waals surface area contributed by atoms with Crippen molar-refractivity contribution in [3.05, 3.63) is 29.1 Å². The third-order valence-electron chi connectivity index (χ3n) is 2.07. The lowest BCUT2D eigenvalue weighted by Gasteiger charge is -2.08. The van der Waals surface area contributed by atoms with Crippen molar-refractivity contribution in [3.8, 4) is 0 Å². The number of nitrogens with two attached hydrogens (primary N) is 1. The zero-order valence-electron chi connectivity index (χ0n) is 9.36. The Morgan fingerprint density at radius 3 is 2.53 bits per heavy atom. The molecule has 94 valence electrons. The van der Waals surface area contributed by atoms with E-state index < -0.39 is 27.4 Å². The molecule has 0 aliphatic heterocycles. The van der Waals surface area contributed by atoms with Crippen molar-refractivity contribution >= 4 is 16.0 Å². The van der Waals surface area contributed by atoms with Gasteiger partial charge in [-0.1, -0.05) is 0 Å². The molecule has 0 saturated heterocycles. The quantitative estimate of drug-likeness (QED) is 0.821. The van der Waals surface area contributed by atoms with Gasteiger partial charge in [-0.05, 0) is 31.5 Å². The molecule has 0 heterocycles. The van der Waals surface area contributed by atoms with Crippen LogP contribution in [-0.4, -0.2) is 21.0 Å². The molecule has 1 aromatic carbocycles. The zero-order valence-corrected chi connectivity index (χ0v) is 10.2. The van der Waals surface area contributed by atoms with Gasteiger partial charge in [0.25, 0.3) is 0 Å². The molecule has 0 saturated carbocycles. The molecule has 0 unspecified atom stereocenters. The number of aryl methyl sites for hydroxylation is 1. The second-order valence-electron chi connectivity index (χ2n) is 3.36. The third kappa shape index (κ3) is 3.01. The fourth-order valence-corrected chi connectivity index (χ4v) is 2.11. The van der Waals surface area contributed by atoms with Crippen LogP contribution in [0.25, 0.3) is 0 Å². The number of halogens is 1. The zero-order chi connectivity index (χ0) is 13.2. The second kappa shape index (κ2) is 4.80. The third-order valence-corrected chi connectivity index (χ3v) is 3.12. The number of esters is 1. The highest BCUT2D eigenvalue weighted by Gasteiger charge is 2.20. The molecule has 0 aromatic heterocycles. The summed E-state index contributed by atoms with van der Waals surface area (Å²) >= 11 is 0. The van der Waals surface area contributed by atoms with Crippen molar-refractivity contribution in [2.45, 2.75) is 18.7 Å². The van der Waals surface area contributed by atoms with Gasteiger partial charge < -0.3 is 4.74 Å². The Labute approximate surface area is 98.4 Å². The van der Waals surface area contributed by atoms with Gasteiger partial charge in [-0.3, -0.25) is 0 Å². The van der Waals surface area contributed by atoms with Crippen molar-refractivity contribution in [1.82, 2.24) is 0 Å². The van der Waals surface area contributed by atoms with Gasteiger partial charge >= 0.3 is 5.97 Å². The Morgan fingerprint density at radius 2 is 2.06 bits per heavy atom. The van der Waals surface area contributed by atoms with E-state index in [2.05, 4.69) is 4.74 Å². The minimum absolute atomic E-state index is 0.0663. The van der Waals surface area contributed by atoms with E-state index in [0.717, 1.165) is 12.1 Å². The van der Waals surface area contributed by atoms with Crippen molar-refractivity contribution in [1.29, 1.82) is 0 Å². The number of carbonyl (C=O) groups is 1. The molecular weight excluding hydrogens is 249 g/mol. The molecular formula is C10H12FNO4S. The van der Waals surface area contributed by atoms with Crippen LogP contribution in [0, 0.1) is 12.7 Å². The summed E-state index contributed by atoms with van der Waals surface area (Å²) < 4.78 is 40.5. The van der Waals surface area contributed by atoms with Crippen molar-refractivity contribution in [2.24, 2.45) is 5.14 Å². The molecule has 7 heteroatoms. The number of ether oxygens (including phenoxy) is 1. The van der Waals surface area contributed by atoms with Gasteiger partial charge in [0.05, 0.1) is 17.1 Å². The Bertz CT molecular complexity index is 554. The van der Waals surface area contributed by atoms with Crippen LogP contribution in [0.15, 0.2) is 17.0 Å². The van der Waals surface area contributed by atoms with Gasteiger partial charge in [0.2, 0.25) is 10.0 Å². The monoisotopic (exact) mass is 261 g/mol. The molecule has 0 bridgehead atoms. The van der Waals surface area contributed by atoms with E-state index in [1.54, 1.807) is 6.92 Å². The molecule has 2 N–H and O–H groups in total. The highest BCUT2D eigenvalue weighted by atomic mass is 32.2. The first-order chi connectivity index (χ1) is 7.77. The average molecular weight is 261 g/mol. The van der Waals surface area contributed by atoms with Gasteiger partial charge in [0.1, 0.15) is 5.82 Å². The topological polar surface area (TPSA) is 86.5 Å². The summed E-state index contributed by atoms with van der Waals surface area (Å²) in [6, 6.07) is 1.82. The molecule has 0 aliphatic carbocycles. The van der Waals surface area contributed by atoms with Gasteiger partial charge in [0.15, 0.2) is 0 Å². The summed E-state index contributed by atoms with van der Waals surface area (Å²) in [6.45, 7) is 3.01. The van der Waals surface area contributed by atoms with E-state index in [4.69, 9.17) is 5.14 Å². The number of benzene rings is 1. The number of hydrogen-bond acceptors (Lipinski definition) is 4. The fourth-order valence-electron chi connectivity index (χ4n) is 1.32. The van der Waals surface area contributed by atoms with Crippen molar-refractivity contribution in [3.63, 3.8) is 0 Å². The first-order valence-corrected chi connectivity index (χ1v) is 6.32. The van der Waals surface area contributed by atoms with Crippen molar-refractivity contribution < 1.29 is 22.3 Å². The first kappa shape index (κ1) is 13.6. The molecule has 5 nitrogen and oxygen atoms in total. The van der Waals surface area contributed by atoms with Gasteiger partial charge in [-0.2, -0.15) is 0 Å². The van der Waals surface area contributed by atoms with Gasteiger partial charge in [-0.15, -0.1) is 0 Å². The molecule has 0 aliphatic rings. The van der Waals surface area contributed by atoms with Crippen LogP contribution in [0.3, 0.4) is 0 Å². The summed E-state index contributed by atoms with van der Waals surface area (Å²) in [6.07, 6.45) is 0. The van der Waals surface area contributed by atoms with Crippen LogP contribution in [-0.2, 0) is 14.8 Å². The predicted molar refractivity (Wildman–Crippen MR) is 58.5 cm³/mol. The highest BCUT2D eigenvalue weighted by molar-refractivity contribution is 7.89. The first-order valence-electron chi connectivity index (χ1n) is 4.77. The Balaban J connectivity index is 3.39. The van der Waals surface area contributed by atoms with Crippen LogP contribution >= 0.6 is 0 Å². The molecule has 0 amide bonds. The summed E-state index contributed by atoms with van der Waals surface area (Å²) in [4.78, 5) is 11.1. The second-order valence-corrected chi connectivity index (χ2v) is 4.89. The summed E-state index contributed by atoms with van der Waals surface area (Å²) in [5.74, 6) is -1.76. The molecule has 0 radical (unpaired) electrons. The highest BCUT2D eigenvalue weighted by Crippen LogP contribution is 2.19. The lowest BCUT2D eigenvalue weighted by Crippen LogP contribution is -2.16. The molecule has 0 atom stereocenters. The molecule has 17 heavy (non-hydrogen) atoms. The van der Waals surface area contributed by atoms with E-state index in [9.17, 15) is 17.6 Å². The Kier molecular flexibility index (Phi) is 3.84. The summed E-state index contributed by atoms with van der Waals surface area (Å²) in [5, 5.41) is 4.95. The minimum Gasteiger partial charge on any atom is -0.462 e. The average Bonchev–Trinajstić information content (AvgIpc) is 2.15. The lowest BCUT2D eigenvalue weighted by atomic mass is 10.1. The Morgan fingerprint density at radius 1 is 1.47 bits per heavy atom. The predicted octanol–water partition coefficient (Wildman–Crippen LogP) is 0.958. The van der Waals surface area contributed by atoms with E-state index in [1.165, 1.54) is 6.92 Å². The van der Waals surface area contributed by atoms with E-state index in [0.29, 0.717) is 0 Å². The smallest absolute Gasteiger partial charge is 0.341 e.